The molecule has 0 aliphatic rings. The summed E-state index contributed by atoms with van der Waals surface area (Å²) in [6, 6.07) is 63.4. The quantitative estimate of drug-likeness (QED) is 0.186. The Hall–Kier alpha value is -6.16. The lowest BCUT2D eigenvalue weighted by Gasteiger charge is -2.28. The van der Waals surface area contributed by atoms with Gasteiger partial charge in [-0.1, -0.05) is 115 Å². The molecule has 0 amide bonds. The maximum atomic E-state index is 6.27. The van der Waals surface area contributed by atoms with Crippen molar-refractivity contribution in [1.29, 1.82) is 0 Å². The van der Waals surface area contributed by atoms with Gasteiger partial charge < -0.3 is 9.32 Å². The smallest absolute Gasteiger partial charge is 0.135 e. The van der Waals surface area contributed by atoms with Crippen LogP contribution in [0.3, 0.4) is 0 Å². The SMILES string of the molecule is c1ccc(-c2ccc(N(c3ccc4oc5ccccc5c4c3)c3cccc4cc5c(cc34)sc3ccccc35)cc2-c2ccccc2)cc1. The van der Waals surface area contributed by atoms with E-state index in [1.54, 1.807) is 0 Å². The van der Waals surface area contributed by atoms with Gasteiger partial charge in [0, 0.05) is 47.7 Å². The second-order valence-corrected chi connectivity index (χ2v) is 13.6. The number of rotatable bonds is 5. The van der Waals surface area contributed by atoms with Crippen LogP contribution in [-0.4, -0.2) is 0 Å². The second-order valence-electron chi connectivity index (χ2n) is 12.5. The van der Waals surface area contributed by atoms with E-state index in [0.29, 0.717) is 0 Å². The van der Waals surface area contributed by atoms with Crippen LogP contribution in [0.4, 0.5) is 17.1 Å². The van der Waals surface area contributed by atoms with E-state index in [1.165, 1.54) is 53.2 Å². The zero-order chi connectivity index (χ0) is 32.3. The zero-order valence-corrected chi connectivity index (χ0v) is 27.3. The van der Waals surface area contributed by atoms with Crippen molar-refractivity contribution in [2.75, 3.05) is 4.90 Å². The Balaban J connectivity index is 1.26. The lowest BCUT2D eigenvalue weighted by Crippen LogP contribution is -2.11. The highest BCUT2D eigenvalue weighted by Gasteiger charge is 2.20. The van der Waals surface area contributed by atoms with Crippen molar-refractivity contribution in [2.24, 2.45) is 0 Å². The van der Waals surface area contributed by atoms with Crippen LogP contribution in [0.2, 0.25) is 0 Å². The Morgan fingerprint density at radius 3 is 1.90 bits per heavy atom. The monoisotopic (exact) mass is 643 g/mol. The Morgan fingerprint density at radius 1 is 0.388 bits per heavy atom. The number of fused-ring (bicyclic) bond motifs is 7. The highest BCUT2D eigenvalue weighted by molar-refractivity contribution is 7.25. The van der Waals surface area contributed by atoms with Gasteiger partial charge in [0.15, 0.2) is 0 Å². The highest BCUT2D eigenvalue weighted by atomic mass is 32.1. The third kappa shape index (κ3) is 4.62. The number of thiophene rings is 1. The molecule has 0 bridgehead atoms. The number of furan rings is 1. The molecule has 0 spiro atoms. The van der Waals surface area contributed by atoms with Crippen molar-refractivity contribution >= 4 is 81.3 Å². The van der Waals surface area contributed by atoms with Crippen LogP contribution < -0.4 is 4.90 Å². The highest BCUT2D eigenvalue weighted by Crippen LogP contribution is 2.46. The van der Waals surface area contributed by atoms with Crippen molar-refractivity contribution in [1.82, 2.24) is 0 Å². The molecule has 0 N–H and O–H groups in total. The molecule has 0 saturated carbocycles. The van der Waals surface area contributed by atoms with Crippen LogP contribution in [-0.2, 0) is 0 Å². The van der Waals surface area contributed by atoms with Crippen molar-refractivity contribution < 1.29 is 4.42 Å². The molecule has 2 heterocycles. The largest absolute Gasteiger partial charge is 0.456 e. The molecule has 2 nitrogen and oxygen atoms in total. The van der Waals surface area contributed by atoms with Crippen LogP contribution in [0, 0.1) is 0 Å². The molecule has 0 aliphatic heterocycles. The third-order valence-electron chi connectivity index (χ3n) is 9.65. The Kier molecular flexibility index (Phi) is 6.39. The fourth-order valence-corrected chi connectivity index (χ4v) is 8.48. The van der Waals surface area contributed by atoms with E-state index in [0.717, 1.165) is 39.0 Å². The number of hydrogen-bond acceptors (Lipinski definition) is 3. The molecule has 0 atom stereocenters. The summed E-state index contributed by atoms with van der Waals surface area (Å²) in [5, 5.41) is 7.28. The summed E-state index contributed by atoms with van der Waals surface area (Å²) in [5.41, 5.74) is 9.87. The Bertz CT molecular complexity index is 2830. The summed E-state index contributed by atoms with van der Waals surface area (Å²) in [7, 11) is 0. The van der Waals surface area contributed by atoms with Gasteiger partial charge in [0.1, 0.15) is 11.2 Å². The standard InChI is InChI=1S/C46H29NOS/c1-3-12-30(13-4-1)35-24-22-33(27-38(35)31-14-5-2-6-15-31)47(34-23-25-44-40(28-34)36-17-7-9-20-43(36)48-44)42-19-11-16-32-26-41-37-18-8-10-21-45(37)49-46(41)29-39(32)42/h1-29H. The van der Waals surface area contributed by atoms with Crippen molar-refractivity contribution in [3.05, 3.63) is 176 Å². The van der Waals surface area contributed by atoms with E-state index >= 15 is 0 Å². The first kappa shape index (κ1) is 27.9. The number of anilines is 3. The van der Waals surface area contributed by atoms with Crippen molar-refractivity contribution in [3.8, 4) is 22.3 Å². The molecule has 10 rings (SSSR count). The fourth-order valence-electron chi connectivity index (χ4n) is 7.35. The molecule has 10 aromatic rings. The molecule has 49 heavy (non-hydrogen) atoms. The van der Waals surface area contributed by atoms with Gasteiger partial charge in [-0.15, -0.1) is 11.3 Å². The van der Waals surface area contributed by atoms with E-state index in [4.69, 9.17) is 4.42 Å². The van der Waals surface area contributed by atoms with Gasteiger partial charge in [0.2, 0.25) is 0 Å². The second kappa shape index (κ2) is 11.2. The van der Waals surface area contributed by atoms with Crippen molar-refractivity contribution in [3.63, 3.8) is 0 Å². The molecule has 0 saturated heterocycles. The van der Waals surface area contributed by atoms with E-state index in [2.05, 4.69) is 169 Å². The van der Waals surface area contributed by atoms with E-state index in [-0.39, 0.29) is 0 Å². The normalized spacial score (nSPS) is 11.7. The topological polar surface area (TPSA) is 16.4 Å². The lowest BCUT2D eigenvalue weighted by molar-refractivity contribution is 0.669. The average molecular weight is 644 g/mol. The van der Waals surface area contributed by atoms with E-state index in [9.17, 15) is 0 Å². The third-order valence-corrected chi connectivity index (χ3v) is 10.8. The summed E-state index contributed by atoms with van der Waals surface area (Å²) < 4.78 is 8.88. The number of benzene rings is 8. The van der Waals surface area contributed by atoms with Gasteiger partial charge in [-0.3, -0.25) is 0 Å². The number of nitrogens with zero attached hydrogens (tertiary/aromatic N) is 1. The first-order valence-electron chi connectivity index (χ1n) is 16.6. The lowest BCUT2D eigenvalue weighted by atomic mass is 9.93. The maximum Gasteiger partial charge on any atom is 0.135 e. The predicted molar refractivity (Wildman–Crippen MR) is 210 cm³/mol. The first-order valence-corrected chi connectivity index (χ1v) is 17.4. The van der Waals surface area contributed by atoms with Crippen LogP contribution in [0.5, 0.6) is 0 Å². The minimum absolute atomic E-state index is 0.888. The fraction of sp³-hybridized carbons (Fsp3) is 0. The zero-order valence-electron chi connectivity index (χ0n) is 26.5. The minimum atomic E-state index is 0.888. The summed E-state index contributed by atoms with van der Waals surface area (Å²) in [5.74, 6) is 0. The summed E-state index contributed by atoms with van der Waals surface area (Å²) >= 11 is 1.86. The van der Waals surface area contributed by atoms with Gasteiger partial charge in [-0.2, -0.15) is 0 Å². The Morgan fingerprint density at radius 2 is 1.06 bits per heavy atom. The average Bonchev–Trinajstić information content (AvgIpc) is 3.72. The summed E-state index contributed by atoms with van der Waals surface area (Å²) in [4.78, 5) is 2.42. The minimum Gasteiger partial charge on any atom is -0.456 e. The maximum absolute atomic E-state index is 6.27. The molecule has 3 heteroatoms. The van der Waals surface area contributed by atoms with Gasteiger partial charge in [0.05, 0.1) is 5.69 Å². The van der Waals surface area contributed by atoms with Gasteiger partial charge >= 0.3 is 0 Å². The van der Waals surface area contributed by atoms with Crippen LogP contribution in [0.1, 0.15) is 0 Å². The molecule has 0 radical (unpaired) electrons. The molecular formula is C46H29NOS. The van der Waals surface area contributed by atoms with Gasteiger partial charge in [-0.05, 0) is 88.3 Å². The summed E-state index contributed by atoms with van der Waals surface area (Å²) in [6.45, 7) is 0. The van der Waals surface area contributed by atoms with Crippen LogP contribution in [0.15, 0.2) is 180 Å². The molecular weight excluding hydrogens is 615 g/mol. The number of hydrogen-bond donors (Lipinski definition) is 0. The van der Waals surface area contributed by atoms with Gasteiger partial charge in [0.25, 0.3) is 0 Å². The molecule has 8 aromatic carbocycles. The van der Waals surface area contributed by atoms with E-state index < -0.39 is 0 Å². The molecule has 230 valence electrons. The molecule has 0 fully saturated rings. The van der Waals surface area contributed by atoms with Gasteiger partial charge in [-0.25, -0.2) is 0 Å². The number of para-hydroxylation sites is 1. The molecule has 0 unspecified atom stereocenters. The van der Waals surface area contributed by atoms with Crippen LogP contribution in [0.25, 0.3) is 75.1 Å². The molecule has 0 aliphatic carbocycles. The van der Waals surface area contributed by atoms with Crippen molar-refractivity contribution in [2.45, 2.75) is 0 Å². The molecule has 2 aromatic heterocycles. The van der Waals surface area contributed by atoms with E-state index in [1.807, 2.05) is 23.5 Å². The van der Waals surface area contributed by atoms with Crippen LogP contribution >= 0.6 is 11.3 Å². The predicted octanol–water partition coefficient (Wildman–Crippen LogP) is 13.9. The first-order chi connectivity index (χ1) is 24.3. The summed E-state index contributed by atoms with van der Waals surface area (Å²) in [6.07, 6.45) is 0. The Labute approximate surface area is 287 Å².